The average Bonchev–Trinajstić information content (AvgIpc) is 2.96. The summed E-state index contributed by atoms with van der Waals surface area (Å²) in [6.07, 6.45) is 6.35. The predicted octanol–water partition coefficient (Wildman–Crippen LogP) is 3.80. The number of rotatable bonds is 5. The van der Waals surface area contributed by atoms with E-state index in [9.17, 15) is 13.2 Å². The highest BCUT2D eigenvalue weighted by Gasteiger charge is 2.70. The maximum atomic E-state index is 13.1. The number of aryl methyl sites for hydroxylation is 1. The smallest absolute Gasteiger partial charge is 0.311 e. The first kappa shape index (κ1) is 22.3. The molecule has 1 saturated carbocycles. The Bertz CT molecular complexity index is 990. The summed E-state index contributed by atoms with van der Waals surface area (Å²) < 4.78 is 35.4. The fourth-order valence-corrected chi connectivity index (χ4v) is 7.00. The van der Waals surface area contributed by atoms with Gasteiger partial charge in [-0.05, 0) is 69.1 Å². The lowest BCUT2D eigenvalue weighted by atomic mass is 9.57. The Labute approximate surface area is 189 Å². The number of carbonyl (C=O) groups excluding carboxylic acids is 1. The second-order valence-electron chi connectivity index (χ2n) is 10.3. The summed E-state index contributed by atoms with van der Waals surface area (Å²) in [6.45, 7) is 4.11. The third-order valence-electron chi connectivity index (χ3n) is 8.12. The van der Waals surface area contributed by atoms with E-state index in [0.29, 0.717) is 17.2 Å². The van der Waals surface area contributed by atoms with Crippen LogP contribution in [0, 0.1) is 23.7 Å². The van der Waals surface area contributed by atoms with Gasteiger partial charge in [-0.1, -0.05) is 19.1 Å². The van der Waals surface area contributed by atoms with Gasteiger partial charge in [0, 0.05) is 24.5 Å². The van der Waals surface area contributed by atoms with Crippen molar-refractivity contribution in [3.63, 3.8) is 0 Å². The van der Waals surface area contributed by atoms with Gasteiger partial charge in [0.05, 0.1) is 10.8 Å². The van der Waals surface area contributed by atoms with Crippen LogP contribution in [0.2, 0.25) is 0 Å². The highest BCUT2D eigenvalue weighted by Crippen LogP contribution is 2.60. The largest absolute Gasteiger partial charge is 0.432 e. The Morgan fingerprint density at radius 2 is 1.81 bits per heavy atom. The summed E-state index contributed by atoms with van der Waals surface area (Å²) in [5.74, 6) is -0.646. The zero-order valence-electron chi connectivity index (χ0n) is 18.9. The third kappa shape index (κ3) is 3.59. The first-order valence-electron chi connectivity index (χ1n) is 11.7. The molecule has 4 heterocycles. The van der Waals surface area contributed by atoms with E-state index >= 15 is 0 Å². The van der Waals surface area contributed by atoms with Crippen LogP contribution in [-0.4, -0.2) is 38.3 Å². The van der Waals surface area contributed by atoms with Crippen LogP contribution >= 0.6 is 0 Å². The molecule has 6 rings (SSSR count). The number of fused-ring (bicyclic) bond motifs is 2. The topological polar surface area (TPSA) is 88.1 Å². The van der Waals surface area contributed by atoms with Crippen molar-refractivity contribution in [3.8, 4) is 0 Å². The van der Waals surface area contributed by atoms with Crippen molar-refractivity contribution in [2.45, 2.75) is 81.4 Å². The van der Waals surface area contributed by atoms with Crippen molar-refractivity contribution in [2.24, 2.45) is 23.7 Å². The Hall–Kier alpha value is -1.48. The van der Waals surface area contributed by atoms with Gasteiger partial charge in [-0.3, -0.25) is 4.79 Å². The highest BCUT2D eigenvalue weighted by molar-refractivity contribution is 7.90. The maximum Gasteiger partial charge on any atom is 0.311 e. The van der Waals surface area contributed by atoms with Gasteiger partial charge in [0.25, 0.3) is 0 Å². The first-order chi connectivity index (χ1) is 15.1. The molecule has 7 nitrogen and oxygen atoms in total. The van der Waals surface area contributed by atoms with Crippen molar-refractivity contribution < 1.29 is 32.5 Å². The van der Waals surface area contributed by atoms with Crippen LogP contribution in [0.4, 0.5) is 0 Å². The molecule has 4 saturated heterocycles. The normalized spacial score (nSPS) is 41.0. The third-order valence-corrected chi connectivity index (χ3v) is 9.25. The lowest BCUT2D eigenvalue weighted by molar-refractivity contribution is -0.559. The van der Waals surface area contributed by atoms with Crippen LogP contribution in [0.3, 0.4) is 0 Å². The zero-order chi connectivity index (χ0) is 22.7. The molecule has 5 fully saturated rings. The molecule has 1 aliphatic carbocycles. The minimum absolute atomic E-state index is 0.00482. The summed E-state index contributed by atoms with van der Waals surface area (Å²) in [4.78, 5) is 25.3. The SMILES string of the molecule is C[C@@H]1CC[C@H]2[C@@H](CCCc3ccc(S(C)(=O)=O)cc3)C(=O)O[C@@H]3O[C@]4(C)CC[C@@H]1[C@]32OO4. The van der Waals surface area contributed by atoms with Crippen molar-refractivity contribution >= 4 is 15.8 Å². The molecule has 32 heavy (non-hydrogen) atoms. The number of carbonyl (C=O) groups is 1. The molecule has 7 atom stereocenters. The van der Waals surface area contributed by atoms with Gasteiger partial charge in [0.1, 0.15) is 0 Å². The van der Waals surface area contributed by atoms with Crippen molar-refractivity contribution in [1.82, 2.24) is 0 Å². The van der Waals surface area contributed by atoms with E-state index in [0.717, 1.165) is 44.1 Å². The molecule has 8 heteroatoms. The average molecular weight is 465 g/mol. The Kier molecular flexibility index (Phi) is 5.43. The summed E-state index contributed by atoms with van der Waals surface area (Å²) in [5.41, 5.74) is 0.321. The van der Waals surface area contributed by atoms with Crippen LogP contribution in [0.5, 0.6) is 0 Å². The fourth-order valence-electron chi connectivity index (χ4n) is 6.37. The van der Waals surface area contributed by atoms with Crippen molar-refractivity contribution in [3.05, 3.63) is 29.8 Å². The van der Waals surface area contributed by atoms with Gasteiger partial charge in [-0.15, -0.1) is 0 Å². The molecule has 0 N–H and O–H groups in total. The summed E-state index contributed by atoms with van der Waals surface area (Å²) in [5, 5.41) is 0. The predicted molar refractivity (Wildman–Crippen MR) is 115 cm³/mol. The monoisotopic (exact) mass is 464 g/mol. The van der Waals surface area contributed by atoms with E-state index in [1.54, 1.807) is 12.1 Å². The van der Waals surface area contributed by atoms with Gasteiger partial charge < -0.3 is 9.47 Å². The number of hydrogen-bond donors (Lipinski definition) is 0. The van der Waals surface area contributed by atoms with E-state index < -0.39 is 27.5 Å². The minimum Gasteiger partial charge on any atom is -0.432 e. The van der Waals surface area contributed by atoms with Crippen LogP contribution < -0.4 is 0 Å². The van der Waals surface area contributed by atoms with Gasteiger partial charge in [-0.25, -0.2) is 18.2 Å². The molecule has 1 spiro atoms. The molecule has 0 unspecified atom stereocenters. The second-order valence-corrected chi connectivity index (χ2v) is 12.3. The van der Waals surface area contributed by atoms with E-state index in [-0.39, 0.29) is 23.7 Å². The number of sulfone groups is 1. The van der Waals surface area contributed by atoms with Gasteiger partial charge >= 0.3 is 5.97 Å². The quantitative estimate of drug-likeness (QED) is 0.484. The molecule has 4 aliphatic heterocycles. The van der Waals surface area contributed by atoms with Gasteiger partial charge in [0.2, 0.25) is 12.1 Å². The lowest BCUT2D eigenvalue weighted by Crippen LogP contribution is -2.70. The van der Waals surface area contributed by atoms with Gasteiger partial charge in [-0.2, -0.15) is 0 Å². The number of benzene rings is 1. The molecule has 2 bridgehead atoms. The zero-order valence-corrected chi connectivity index (χ0v) is 19.7. The number of esters is 1. The lowest BCUT2D eigenvalue weighted by Gasteiger charge is -2.58. The second kappa shape index (κ2) is 7.79. The van der Waals surface area contributed by atoms with E-state index in [4.69, 9.17) is 19.2 Å². The van der Waals surface area contributed by atoms with Crippen LogP contribution in [0.15, 0.2) is 29.2 Å². The summed E-state index contributed by atoms with van der Waals surface area (Å²) >= 11 is 0. The molecular weight excluding hydrogens is 432 g/mol. The van der Waals surface area contributed by atoms with Crippen LogP contribution in [0.25, 0.3) is 0 Å². The molecule has 0 amide bonds. The molecule has 1 aromatic rings. The van der Waals surface area contributed by atoms with Crippen molar-refractivity contribution in [1.29, 1.82) is 0 Å². The Morgan fingerprint density at radius 3 is 2.53 bits per heavy atom. The van der Waals surface area contributed by atoms with Gasteiger partial charge in [0.15, 0.2) is 15.4 Å². The molecule has 1 aromatic carbocycles. The summed E-state index contributed by atoms with van der Waals surface area (Å²) in [6, 6.07) is 6.98. The Balaban J connectivity index is 1.33. The fraction of sp³-hybridized carbons (Fsp3) is 0.708. The van der Waals surface area contributed by atoms with E-state index in [2.05, 4.69) is 6.92 Å². The molecule has 5 aliphatic rings. The number of hydrogen-bond acceptors (Lipinski definition) is 7. The minimum atomic E-state index is -3.20. The molecule has 0 aromatic heterocycles. The molecule has 176 valence electrons. The van der Waals surface area contributed by atoms with Crippen molar-refractivity contribution in [2.75, 3.05) is 6.26 Å². The van der Waals surface area contributed by atoms with E-state index in [1.165, 1.54) is 6.26 Å². The Morgan fingerprint density at radius 1 is 1.06 bits per heavy atom. The van der Waals surface area contributed by atoms with Crippen LogP contribution in [0.1, 0.15) is 57.9 Å². The molecular formula is C24H32O7S. The standard InChI is InChI=1S/C24H32O7S/c1-15-7-12-20-18(6-4-5-16-8-10-17(11-9-16)32(3,26)27)21(25)28-22-24(20)19(15)13-14-23(2,29-22)30-31-24/h8-11,15,18-20,22H,4-7,12-14H2,1-3H3/t15-,18-,19+,20+,22-,23+,24-/m1/s1. The first-order valence-corrected chi connectivity index (χ1v) is 13.6. The maximum absolute atomic E-state index is 13.1. The summed E-state index contributed by atoms with van der Waals surface area (Å²) in [7, 11) is -3.20. The van der Waals surface area contributed by atoms with Crippen LogP contribution in [-0.2, 0) is 40.3 Å². The highest BCUT2D eigenvalue weighted by atomic mass is 32.2. The number of ether oxygens (including phenoxy) is 2. The van der Waals surface area contributed by atoms with E-state index in [1.807, 2.05) is 19.1 Å². The molecule has 0 radical (unpaired) electrons.